The average Bonchev–Trinajstić information content (AvgIpc) is 0.765. The molecule has 0 aromatic carbocycles. The van der Waals surface area contributed by atoms with Crippen molar-refractivity contribution in [2.45, 2.75) is 261 Å². The lowest BCUT2D eigenvalue weighted by Crippen LogP contribution is -2.71. The number of carboxylic acids is 4. The Morgan fingerprint density at radius 1 is 0.359 bits per heavy atom. The average molecular weight is 1770 g/mol. The molecule has 38 atom stereocenters. The van der Waals surface area contributed by atoms with Gasteiger partial charge in [-0.3, -0.25) is 32.8 Å². The van der Waals surface area contributed by atoms with Gasteiger partial charge in [-0.2, -0.15) is 25.3 Å². The Morgan fingerprint density at radius 3 is 0.897 bits per heavy atom. The van der Waals surface area contributed by atoms with Crippen molar-refractivity contribution in [3.8, 4) is 0 Å². The number of carbonyl (C=O) groups excluding carboxylic acids is 4. The standard InChI is InChI=1S/C57H86N4O53S3/c1-11(64)58-21-25(69)36(17(7-62)100-50(21)96-5)104-54-32(76)29(73)41(44(111-54)48(83)84)109-52-23(60-13(3)66)27(71)38(19(102-52)9-97-115(87,88)89)106-56-34(78)31(75)40(43(113-56)47(81)82)108-51-22(59-12(2)65)26(70)37(18(8-63)101-51)105-55-33(77)30(74)42(45(112-55)49(85)86)110-53-24(61-14(4)67)28(72)39(20(103-53)10-98-116(90,91)92)107-57-35(114-117(93,94)95)15(68)6-16(99-57)46(79)80/h6,15,17-45,50-57,62-63,68-78H,7-10H2,1-5H3,(H,58,64)(H,59,65)(H,60,66)(H,61,67)(H,79,80)(H,81,82)(H,83,84)(H,85,86)(H,87,88,89)(H,90,91,92)(H,93,94,95)/t15-,17+,18+,19+,20+,21+,22+,23+,24+,25+,26+,27+,28+,29+,30+,31+,32+,33+,34+,35?,36-,37-,38-,39-,40-,41-,42-,43?,44?,45?,50-,51+,52+,53+,54+,55+,56+,57-/m0/s1. The molecule has 670 valence electrons. The predicted octanol–water partition coefficient (Wildman–Crippen LogP) is -16.2. The van der Waals surface area contributed by atoms with Gasteiger partial charge in [-0.05, 0) is 6.08 Å². The van der Waals surface area contributed by atoms with Crippen LogP contribution in [0.3, 0.4) is 0 Å². The van der Waals surface area contributed by atoms with Crippen LogP contribution in [0.4, 0.5) is 0 Å². The zero-order chi connectivity index (χ0) is 87.4. The summed E-state index contributed by atoms with van der Waals surface area (Å²) in [7, 11) is -15.7. The minimum absolute atomic E-state index is 0.347. The SMILES string of the molecule is CO[C@H]1O[C@H](CO)[C@H](O[C@@H]2OC(C(=O)O)[C@@H](O[C@H]3O[C@H](COS(=O)(=O)O)[C@H](O[C@@H]4OC(C(=O)O)[C@@H](O[C@H]5O[C@H](CO)[C@H](O[C@@H]6OC(C(=O)O)[C@@H](O[C@H]7O[C@H](COS(=O)(=O)O)[C@H](O[C@@H]8OC(C(=O)O)=C[C@H](O)C8OS(=O)(=O)O)[C@H](O)[C@H]7NC(C)=O)[C@H](O)[C@H]6O)[C@H](O)[C@H]5NC(C)=O)[C@H](O)[C@H]4O)[C@H](O)[C@H]3NC(C)=O)[C@H](O)[C@H]2O)[C@H](O)[C@H]1NC(C)=O. The van der Waals surface area contributed by atoms with E-state index in [9.17, 15) is 164 Å². The van der Waals surface area contributed by atoms with E-state index in [0.717, 1.165) is 34.8 Å². The first-order valence-corrected chi connectivity index (χ1v) is 38.2. The summed E-state index contributed by atoms with van der Waals surface area (Å²) < 4.78 is 203. The molecule has 117 heavy (non-hydrogen) atoms. The normalized spacial score (nSPS) is 42.2. The van der Waals surface area contributed by atoms with Crippen molar-refractivity contribution in [3.63, 3.8) is 0 Å². The van der Waals surface area contributed by atoms with Gasteiger partial charge in [-0.1, -0.05) is 0 Å². The molecule has 0 saturated carbocycles. The minimum Gasteiger partial charge on any atom is -0.479 e. The largest absolute Gasteiger partial charge is 0.479 e. The lowest BCUT2D eigenvalue weighted by Gasteiger charge is -2.50. The van der Waals surface area contributed by atoms with Gasteiger partial charge in [0, 0.05) is 34.8 Å². The monoisotopic (exact) mass is 1770 g/mol. The second-order valence-corrected chi connectivity index (χ2v) is 30.0. The molecule has 8 rings (SSSR count). The zero-order valence-corrected chi connectivity index (χ0v) is 62.9. The molecule has 7 fully saturated rings. The van der Waals surface area contributed by atoms with Gasteiger partial charge in [0.15, 0.2) is 68.4 Å². The van der Waals surface area contributed by atoms with Crippen LogP contribution in [0.25, 0.3) is 0 Å². The van der Waals surface area contributed by atoms with Crippen molar-refractivity contribution in [2.75, 3.05) is 33.5 Å². The lowest BCUT2D eigenvalue weighted by molar-refractivity contribution is -0.381. The Bertz CT molecular complexity index is 3870. The molecule has 8 heterocycles. The van der Waals surface area contributed by atoms with E-state index in [0.29, 0.717) is 6.08 Å². The van der Waals surface area contributed by atoms with Crippen LogP contribution in [0.1, 0.15) is 27.7 Å². The van der Waals surface area contributed by atoms with Gasteiger partial charge in [0.2, 0.25) is 35.7 Å². The number of nitrogens with one attached hydrogen (secondary N) is 4. The van der Waals surface area contributed by atoms with Gasteiger partial charge >= 0.3 is 55.1 Å². The van der Waals surface area contributed by atoms with E-state index in [1.165, 1.54) is 0 Å². The highest BCUT2D eigenvalue weighted by atomic mass is 32.3. The number of amides is 4. The number of carboxylic acid groups (broad SMARTS) is 4. The maximum Gasteiger partial charge on any atom is 0.397 e. The molecule has 0 aromatic rings. The Hall–Kier alpha value is -6.21. The van der Waals surface area contributed by atoms with Crippen LogP contribution in [0.2, 0.25) is 0 Å². The Morgan fingerprint density at radius 2 is 0.632 bits per heavy atom. The summed E-state index contributed by atoms with van der Waals surface area (Å²) in [5.74, 6) is -13.7. The van der Waals surface area contributed by atoms with E-state index in [1.807, 2.05) is 0 Å². The summed E-state index contributed by atoms with van der Waals surface area (Å²) in [4.78, 5) is 102. The number of carbonyl (C=O) groups is 8. The van der Waals surface area contributed by atoms with Crippen LogP contribution in [-0.4, -0.2) is 440 Å². The van der Waals surface area contributed by atoms with Crippen molar-refractivity contribution in [3.05, 3.63) is 11.8 Å². The van der Waals surface area contributed by atoms with Gasteiger partial charge in [-0.25, -0.2) is 31.7 Å². The third kappa shape index (κ3) is 23.5. The Kier molecular flexibility index (Phi) is 32.7. The smallest absolute Gasteiger partial charge is 0.397 e. The molecule has 8 aliphatic rings. The molecular formula is C57H86N4O53S3. The Labute approximate surface area is 656 Å². The third-order valence-corrected chi connectivity index (χ3v) is 19.9. The highest BCUT2D eigenvalue weighted by Crippen LogP contribution is 2.40. The van der Waals surface area contributed by atoms with E-state index < -0.39 is 344 Å². The number of ether oxygens (including phenoxy) is 16. The first-order chi connectivity index (χ1) is 54.4. The highest BCUT2D eigenvalue weighted by Gasteiger charge is 2.62. The van der Waals surface area contributed by atoms with Crippen LogP contribution in [-0.2, 0) is 158 Å². The quantitative estimate of drug-likeness (QED) is 0.0271. The summed E-state index contributed by atoms with van der Waals surface area (Å²) >= 11 is 0. The summed E-state index contributed by atoms with van der Waals surface area (Å²) in [5.41, 5.74) is 0. The lowest BCUT2D eigenvalue weighted by atomic mass is 9.93. The highest BCUT2D eigenvalue weighted by molar-refractivity contribution is 7.81. The number of hydrogen-bond acceptors (Lipinski definition) is 46. The molecule has 57 nitrogen and oxygen atoms in total. The van der Waals surface area contributed by atoms with Crippen LogP contribution < -0.4 is 21.3 Å². The van der Waals surface area contributed by atoms with Crippen molar-refractivity contribution < 1.29 is 252 Å². The van der Waals surface area contributed by atoms with Gasteiger partial charge in [0.25, 0.3) is 0 Å². The maximum atomic E-state index is 13.2. The summed E-state index contributed by atoms with van der Waals surface area (Å²) in [6, 6.07) is -8.13. The van der Waals surface area contributed by atoms with Crippen LogP contribution in [0.15, 0.2) is 11.8 Å². The molecule has 8 aliphatic heterocycles. The predicted molar refractivity (Wildman–Crippen MR) is 347 cm³/mol. The fourth-order valence-corrected chi connectivity index (χ4v) is 14.5. The van der Waals surface area contributed by atoms with Crippen molar-refractivity contribution >= 4 is 78.7 Å². The first kappa shape index (κ1) is 96.3. The number of methoxy groups -OCH3 is 1. The number of aliphatic hydroxyl groups excluding tert-OH is 13. The molecule has 4 amide bonds. The van der Waals surface area contributed by atoms with Gasteiger partial charge < -0.3 is 184 Å². The fourth-order valence-electron chi connectivity index (χ4n) is 13.4. The molecule has 0 spiro atoms. The van der Waals surface area contributed by atoms with Gasteiger partial charge in [-0.15, -0.1) is 0 Å². The van der Waals surface area contributed by atoms with E-state index in [4.69, 9.17) is 75.8 Å². The van der Waals surface area contributed by atoms with E-state index in [1.54, 1.807) is 0 Å². The van der Waals surface area contributed by atoms with Crippen LogP contribution >= 0.6 is 0 Å². The van der Waals surface area contributed by atoms with Crippen LogP contribution in [0, 0.1) is 0 Å². The second-order valence-electron chi connectivity index (χ2n) is 26.8. The molecule has 0 radical (unpaired) electrons. The van der Waals surface area contributed by atoms with E-state index in [2.05, 4.69) is 33.8 Å². The molecule has 4 unspecified atom stereocenters. The number of hydrogen-bond donors (Lipinski definition) is 24. The number of aliphatic hydroxyl groups is 13. The van der Waals surface area contributed by atoms with Gasteiger partial charge in [0.05, 0.1) is 26.4 Å². The van der Waals surface area contributed by atoms with Crippen LogP contribution in [0.5, 0.6) is 0 Å². The Balaban J connectivity index is 0.996. The number of aliphatic carboxylic acids is 4. The molecule has 60 heteroatoms. The fraction of sp³-hybridized carbons (Fsp3) is 0.825. The number of rotatable bonds is 33. The molecule has 0 aliphatic carbocycles. The molecule has 0 aromatic heterocycles. The van der Waals surface area contributed by atoms with Crippen molar-refractivity contribution in [2.24, 2.45) is 0 Å². The topological polar surface area (TPSA) is 867 Å². The third-order valence-electron chi connectivity index (χ3n) is 18.5. The molecule has 7 saturated heterocycles. The van der Waals surface area contributed by atoms with E-state index in [-0.39, 0.29) is 0 Å². The van der Waals surface area contributed by atoms with Crippen molar-refractivity contribution in [1.82, 2.24) is 21.3 Å². The zero-order valence-electron chi connectivity index (χ0n) is 60.5. The van der Waals surface area contributed by atoms with E-state index >= 15 is 0 Å². The maximum absolute atomic E-state index is 13.2. The molecular weight excluding hydrogens is 1680 g/mol. The first-order valence-electron chi connectivity index (χ1n) is 34.1. The van der Waals surface area contributed by atoms with Gasteiger partial charge in [0.1, 0.15) is 158 Å². The molecule has 24 N–H and O–H groups in total. The summed E-state index contributed by atoms with van der Waals surface area (Å²) in [6.45, 7) is -2.07. The van der Waals surface area contributed by atoms with Crippen molar-refractivity contribution in [1.29, 1.82) is 0 Å². The summed E-state index contributed by atoms with van der Waals surface area (Å²) in [6.07, 6.45) is -81.9. The molecule has 0 bridgehead atoms. The minimum atomic E-state index is -5.64. The summed E-state index contributed by atoms with van der Waals surface area (Å²) in [5, 5.41) is 198. The second kappa shape index (κ2) is 39.8.